The van der Waals surface area contributed by atoms with Gasteiger partial charge in [0.25, 0.3) is 5.91 Å². The lowest BCUT2D eigenvalue weighted by molar-refractivity contribution is 0.00938. The van der Waals surface area contributed by atoms with Gasteiger partial charge in [0.2, 0.25) is 17.7 Å². The normalized spacial score (nSPS) is 14.9. The highest BCUT2D eigenvalue weighted by Crippen LogP contribution is 2.23. The van der Waals surface area contributed by atoms with E-state index in [2.05, 4.69) is 29.0 Å². The molecule has 0 aliphatic carbocycles. The van der Waals surface area contributed by atoms with Gasteiger partial charge in [0.1, 0.15) is 5.56 Å². The first kappa shape index (κ1) is 22.0. The molecule has 0 N–H and O–H groups in total. The Labute approximate surface area is 176 Å². The van der Waals surface area contributed by atoms with Gasteiger partial charge in [0.15, 0.2) is 5.82 Å². The van der Waals surface area contributed by atoms with Gasteiger partial charge in [0.05, 0.1) is 26.9 Å². The molecule has 1 aliphatic rings. The predicted molar refractivity (Wildman–Crippen MR) is 109 cm³/mol. The summed E-state index contributed by atoms with van der Waals surface area (Å²) < 4.78 is 21.6. The van der Waals surface area contributed by atoms with Gasteiger partial charge in [-0.05, 0) is 24.8 Å². The fourth-order valence-corrected chi connectivity index (χ4v) is 3.39. The lowest BCUT2D eigenvalue weighted by Crippen LogP contribution is -2.41. The van der Waals surface area contributed by atoms with Gasteiger partial charge < -0.3 is 23.6 Å². The lowest BCUT2D eigenvalue weighted by Gasteiger charge is -2.32. The minimum absolute atomic E-state index is 0.0927. The SMILES string of the molecule is COc1ccc(C(=O)N2CCC(OCCc3noc(CC(C)C)n3)CC2)c(OC)n1. The number of amides is 1. The molecule has 0 radical (unpaired) electrons. The molecule has 1 fully saturated rings. The summed E-state index contributed by atoms with van der Waals surface area (Å²) in [6.45, 7) is 6.02. The standard InChI is InChI=1S/C21H30N4O5/c1-14(2)13-19-22-17(24-30-19)9-12-29-15-7-10-25(11-8-15)21(26)16-5-6-18(27-3)23-20(16)28-4/h5-6,14-15H,7-13H2,1-4H3. The molecule has 3 rings (SSSR count). The van der Waals surface area contributed by atoms with Crippen molar-refractivity contribution in [2.75, 3.05) is 33.9 Å². The second kappa shape index (κ2) is 10.4. The number of aromatic nitrogens is 3. The third kappa shape index (κ3) is 5.69. The highest BCUT2D eigenvalue weighted by molar-refractivity contribution is 5.96. The summed E-state index contributed by atoms with van der Waals surface area (Å²) in [4.78, 5) is 23.3. The van der Waals surface area contributed by atoms with Crippen molar-refractivity contribution in [2.45, 2.75) is 45.6 Å². The topological polar surface area (TPSA) is 99.8 Å². The smallest absolute Gasteiger partial charge is 0.259 e. The maximum absolute atomic E-state index is 12.9. The number of likely N-dealkylation sites (tertiary alicyclic amines) is 1. The number of piperidine rings is 1. The highest BCUT2D eigenvalue weighted by Gasteiger charge is 2.26. The van der Waals surface area contributed by atoms with Crippen LogP contribution in [0.15, 0.2) is 16.7 Å². The van der Waals surface area contributed by atoms with E-state index in [1.165, 1.54) is 14.2 Å². The number of hydrogen-bond donors (Lipinski definition) is 0. The maximum atomic E-state index is 12.9. The van der Waals surface area contributed by atoms with Crippen LogP contribution in [0.1, 0.15) is 48.8 Å². The molecule has 3 heterocycles. The molecule has 1 aliphatic heterocycles. The molecule has 0 unspecified atom stereocenters. The molecule has 0 atom stereocenters. The molecule has 9 heteroatoms. The summed E-state index contributed by atoms with van der Waals surface area (Å²) in [7, 11) is 3.02. The van der Waals surface area contributed by atoms with Gasteiger partial charge in [-0.1, -0.05) is 19.0 Å². The number of carbonyl (C=O) groups is 1. The number of pyridine rings is 1. The van der Waals surface area contributed by atoms with Crippen molar-refractivity contribution in [2.24, 2.45) is 5.92 Å². The van der Waals surface area contributed by atoms with Gasteiger partial charge in [-0.25, -0.2) is 0 Å². The first-order valence-corrected chi connectivity index (χ1v) is 10.3. The lowest BCUT2D eigenvalue weighted by atomic mass is 10.1. The average Bonchev–Trinajstić information content (AvgIpc) is 3.19. The van der Waals surface area contributed by atoms with Crippen LogP contribution in [-0.4, -0.2) is 66.0 Å². The minimum Gasteiger partial charge on any atom is -0.481 e. The molecule has 1 saturated heterocycles. The summed E-state index contributed by atoms with van der Waals surface area (Å²) in [6.07, 6.45) is 3.09. The number of rotatable bonds is 9. The number of nitrogens with zero attached hydrogens (tertiary/aromatic N) is 4. The van der Waals surface area contributed by atoms with Gasteiger partial charge >= 0.3 is 0 Å². The molecule has 9 nitrogen and oxygen atoms in total. The van der Waals surface area contributed by atoms with E-state index in [4.69, 9.17) is 18.7 Å². The molecular weight excluding hydrogens is 388 g/mol. The van der Waals surface area contributed by atoms with Crippen molar-refractivity contribution in [1.82, 2.24) is 20.0 Å². The predicted octanol–water partition coefficient (Wildman–Crippen LogP) is 2.54. The van der Waals surface area contributed by atoms with Gasteiger partial charge in [-0.2, -0.15) is 9.97 Å². The van der Waals surface area contributed by atoms with Crippen LogP contribution in [-0.2, 0) is 17.6 Å². The summed E-state index contributed by atoms with van der Waals surface area (Å²) >= 11 is 0. The molecular formula is C21H30N4O5. The first-order chi connectivity index (χ1) is 14.5. The van der Waals surface area contributed by atoms with E-state index in [0.29, 0.717) is 55.2 Å². The molecule has 2 aromatic rings. The van der Waals surface area contributed by atoms with Crippen LogP contribution >= 0.6 is 0 Å². The third-order valence-electron chi connectivity index (χ3n) is 4.97. The zero-order chi connectivity index (χ0) is 21.5. The molecule has 0 bridgehead atoms. The zero-order valence-corrected chi connectivity index (χ0v) is 18.1. The Morgan fingerprint density at radius 1 is 1.20 bits per heavy atom. The molecule has 0 saturated carbocycles. The van der Waals surface area contributed by atoms with Crippen molar-refractivity contribution in [1.29, 1.82) is 0 Å². The minimum atomic E-state index is -0.0927. The fourth-order valence-electron chi connectivity index (χ4n) is 3.39. The Morgan fingerprint density at radius 3 is 2.63 bits per heavy atom. The molecule has 30 heavy (non-hydrogen) atoms. The van der Waals surface area contributed by atoms with Crippen molar-refractivity contribution < 1.29 is 23.5 Å². The van der Waals surface area contributed by atoms with Crippen LogP contribution in [0.2, 0.25) is 0 Å². The second-order valence-corrected chi connectivity index (χ2v) is 7.73. The van der Waals surface area contributed by atoms with Gasteiger partial charge in [0, 0.05) is 32.0 Å². The Morgan fingerprint density at radius 2 is 1.97 bits per heavy atom. The van der Waals surface area contributed by atoms with E-state index >= 15 is 0 Å². The number of hydrogen-bond acceptors (Lipinski definition) is 8. The van der Waals surface area contributed by atoms with E-state index in [1.807, 2.05) is 4.90 Å². The molecule has 0 spiro atoms. The van der Waals surface area contributed by atoms with Crippen LogP contribution < -0.4 is 9.47 Å². The van der Waals surface area contributed by atoms with Crippen LogP contribution in [0.5, 0.6) is 11.8 Å². The third-order valence-corrected chi connectivity index (χ3v) is 4.97. The monoisotopic (exact) mass is 418 g/mol. The number of carbonyl (C=O) groups excluding carboxylic acids is 1. The van der Waals surface area contributed by atoms with E-state index in [0.717, 1.165) is 19.3 Å². The van der Waals surface area contributed by atoms with Crippen molar-refractivity contribution in [3.05, 3.63) is 29.4 Å². The Hall–Kier alpha value is -2.68. The Bertz CT molecular complexity index is 831. The first-order valence-electron chi connectivity index (χ1n) is 10.3. The summed E-state index contributed by atoms with van der Waals surface area (Å²) in [6, 6.07) is 3.35. The van der Waals surface area contributed by atoms with Crippen LogP contribution in [0, 0.1) is 5.92 Å². The summed E-state index contributed by atoms with van der Waals surface area (Å²) in [5, 5.41) is 4.00. The van der Waals surface area contributed by atoms with Crippen LogP contribution in [0.4, 0.5) is 0 Å². The Kier molecular flexibility index (Phi) is 7.62. The van der Waals surface area contributed by atoms with E-state index in [-0.39, 0.29) is 17.9 Å². The summed E-state index contributed by atoms with van der Waals surface area (Å²) in [5.74, 6) is 2.43. The quantitative estimate of drug-likeness (QED) is 0.612. The van der Waals surface area contributed by atoms with E-state index < -0.39 is 0 Å². The van der Waals surface area contributed by atoms with Gasteiger partial charge in [-0.3, -0.25) is 4.79 Å². The zero-order valence-electron chi connectivity index (χ0n) is 18.1. The number of ether oxygens (including phenoxy) is 3. The maximum Gasteiger partial charge on any atom is 0.259 e. The molecule has 0 aromatic carbocycles. The highest BCUT2D eigenvalue weighted by atomic mass is 16.5. The van der Waals surface area contributed by atoms with Crippen LogP contribution in [0.25, 0.3) is 0 Å². The van der Waals surface area contributed by atoms with Crippen molar-refractivity contribution in [3.63, 3.8) is 0 Å². The largest absolute Gasteiger partial charge is 0.481 e. The average molecular weight is 418 g/mol. The second-order valence-electron chi connectivity index (χ2n) is 7.73. The molecule has 1 amide bonds. The Balaban J connectivity index is 1.44. The van der Waals surface area contributed by atoms with E-state index in [9.17, 15) is 4.79 Å². The fraction of sp³-hybridized carbons (Fsp3) is 0.619. The van der Waals surface area contributed by atoms with Crippen molar-refractivity contribution in [3.8, 4) is 11.8 Å². The van der Waals surface area contributed by atoms with Gasteiger partial charge in [-0.15, -0.1) is 0 Å². The molecule has 164 valence electrons. The summed E-state index contributed by atoms with van der Waals surface area (Å²) in [5.41, 5.74) is 0.437. The van der Waals surface area contributed by atoms with Crippen molar-refractivity contribution >= 4 is 5.91 Å². The van der Waals surface area contributed by atoms with E-state index in [1.54, 1.807) is 12.1 Å². The molecule has 2 aromatic heterocycles. The number of methoxy groups -OCH3 is 2. The van der Waals surface area contributed by atoms with Crippen LogP contribution in [0.3, 0.4) is 0 Å².